The van der Waals surface area contributed by atoms with Crippen LogP contribution in [0.3, 0.4) is 0 Å². The molecule has 0 spiro atoms. The van der Waals surface area contributed by atoms with Crippen LogP contribution in [0.2, 0.25) is 0 Å². The number of nitrogens with zero attached hydrogens (tertiary/aromatic N) is 3. The van der Waals surface area contributed by atoms with E-state index < -0.39 is 5.25 Å². The number of para-hydroxylation sites is 1. The van der Waals surface area contributed by atoms with Crippen LogP contribution < -0.4 is 5.32 Å². The molecule has 1 unspecified atom stereocenters. The van der Waals surface area contributed by atoms with E-state index in [0.29, 0.717) is 37.1 Å². The summed E-state index contributed by atoms with van der Waals surface area (Å²) in [5, 5.41) is 13.7. The molecule has 2 aliphatic heterocycles. The molecule has 7 nitrogen and oxygen atoms in total. The molecule has 4 rings (SSSR count). The van der Waals surface area contributed by atoms with Crippen LogP contribution >= 0.6 is 11.8 Å². The Morgan fingerprint density at radius 1 is 1.06 bits per heavy atom. The predicted molar refractivity (Wildman–Crippen MR) is 131 cm³/mol. The van der Waals surface area contributed by atoms with Crippen molar-refractivity contribution in [3.05, 3.63) is 77.2 Å². The number of urea groups is 1. The summed E-state index contributed by atoms with van der Waals surface area (Å²) < 4.78 is 1.60. The number of nitrogens with one attached hydrogen (secondary N) is 1. The number of nitriles is 1. The number of thioether (sulfide) groups is 1. The molecule has 0 saturated heterocycles. The number of allylic oxidation sites excluding steroid dienone is 1. The molecule has 8 heteroatoms. The molecule has 0 aromatic heterocycles. The Morgan fingerprint density at radius 3 is 2.62 bits per heavy atom. The minimum Gasteiger partial charge on any atom is -0.326 e. The highest BCUT2D eigenvalue weighted by molar-refractivity contribution is 8.04. The molecule has 0 bridgehead atoms. The number of fused-ring (bicyclic) bond motifs is 1. The van der Waals surface area contributed by atoms with Gasteiger partial charge in [-0.1, -0.05) is 36.4 Å². The molecule has 2 aromatic rings. The van der Waals surface area contributed by atoms with Crippen LogP contribution in [-0.2, 0) is 16.1 Å². The van der Waals surface area contributed by atoms with Crippen LogP contribution in [0, 0.1) is 11.3 Å². The van der Waals surface area contributed by atoms with Gasteiger partial charge in [0.05, 0.1) is 18.2 Å². The van der Waals surface area contributed by atoms with Crippen LogP contribution in [0.25, 0.3) is 0 Å². The monoisotopic (exact) mass is 473 g/mol. The summed E-state index contributed by atoms with van der Waals surface area (Å²) in [7, 11) is 0. The van der Waals surface area contributed by atoms with Crippen molar-refractivity contribution in [2.24, 2.45) is 0 Å². The van der Waals surface area contributed by atoms with Gasteiger partial charge in [0.1, 0.15) is 12.3 Å². The van der Waals surface area contributed by atoms with Gasteiger partial charge >= 0.3 is 11.9 Å². The van der Waals surface area contributed by atoms with Crippen molar-refractivity contribution in [3.63, 3.8) is 0 Å². The normalized spacial score (nSPS) is 17.0. The van der Waals surface area contributed by atoms with E-state index >= 15 is 0 Å². The van der Waals surface area contributed by atoms with Crippen molar-refractivity contribution in [3.8, 4) is 6.07 Å². The first-order valence-corrected chi connectivity index (χ1v) is 12.2. The van der Waals surface area contributed by atoms with Gasteiger partial charge in [-0.25, -0.2) is 4.79 Å². The van der Waals surface area contributed by atoms with E-state index in [9.17, 15) is 19.6 Å². The number of imide groups is 1. The number of amides is 4. The quantitative estimate of drug-likeness (QED) is 0.433. The number of hydrogen-bond acceptors (Lipinski definition) is 5. The van der Waals surface area contributed by atoms with Crippen LogP contribution in [0.4, 0.5) is 10.5 Å². The average molecular weight is 474 g/mol. The van der Waals surface area contributed by atoms with Crippen LogP contribution in [-0.4, -0.2) is 44.8 Å². The first-order valence-electron chi connectivity index (χ1n) is 11.2. The van der Waals surface area contributed by atoms with Gasteiger partial charge in [-0.05, 0) is 48.9 Å². The molecule has 1 atom stereocenters. The largest absolute Gasteiger partial charge is 0.501 e. The van der Waals surface area contributed by atoms with Crippen molar-refractivity contribution >= 4 is 41.0 Å². The lowest BCUT2D eigenvalue weighted by atomic mass is 10.1. The van der Waals surface area contributed by atoms with Crippen molar-refractivity contribution in [2.45, 2.75) is 37.5 Å². The highest BCUT2D eigenvalue weighted by atomic mass is 32.2. The van der Waals surface area contributed by atoms with Crippen molar-refractivity contribution in [2.75, 3.05) is 11.9 Å². The molecule has 4 amide bonds. The van der Waals surface area contributed by atoms with Gasteiger partial charge in [0.2, 0.25) is 5.91 Å². The number of benzene rings is 2. The van der Waals surface area contributed by atoms with E-state index in [2.05, 4.69) is 11.4 Å². The summed E-state index contributed by atoms with van der Waals surface area (Å²) in [6.07, 6.45) is 4.21. The number of anilines is 1. The fourth-order valence-corrected chi connectivity index (χ4v) is 5.00. The summed E-state index contributed by atoms with van der Waals surface area (Å²) in [5.74, 6) is -0.257. The summed E-state index contributed by atoms with van der Waals surface area (Å²) in [4.78, 5) is 39.7. The minimum absolute atomic E-state index is 0.0497. The molecule has 0 fully saturated rings. The van der Waals surface area contributed by atoms with Crippen LogP contribution in [0.1, 0.15) is 36.8 Å². The van der Waals surface area contributed by atoms with Gasteiger partial charge in [0.15, 0.2) is 5.25 Å². The Hall–Kier alpha value is -3.70. The second-order valence-electron chi connectivity index (χ2n) is 8.10. The van der Waals surface area contributed by atoms with Gasteiger partial charge in [-0.2, -0.15) is 19.5 Å². The SMILES string of the molecule is N#Cc1ccccc1C[N+]1=C2C=CSC2C(=O)N(CCCCCC(=O)Nc2ccccc2)C1=O. The first-order chi connectivity index (χ1) is 16.6. The average Bonchev–Trinajstić information content (AvgIpc) is 3.34. The highest BCUT2D eigenvalue weighted by Crippen LogP contribution is 2.29. The fourth-order valence-electron chi connectivity index (χ4n) is 4.03. The molecule has 2 heterocycles. The zero-order valence-electron chi connectivity index (χ0n) is 18.6. The van der Waals surface area contributed by atoms with Gasteiger partial charge < -0.3 is 5.32 Å². The Labute approximate surface area is 202 Å². The molecule has 0 aliphatic carbocycles. The van der Waals surface area contributed by atoms with Crippen molar-refractivity contribution < 1.29 is 19.0 Å². The summed E-state index contributed by atoms with van der Waals surface area (Å²) in [5.41, 5.74) is 2.69. The zero-order chi connectivity index (χ0) is 23.9. The van der Waals surface area contributed by atoms with E-state index in [1.807, 2.05) is 53.9 Å². The molecule has 2 aromatic carbocycles. The lowest BCUT2D eigenvalue weighted by molar-refractivity contribution is -0.454. The third-order valence-electron chi connectivity index (χ3n) is 5.80. The number of carbonyl (C=O) groups excluding carboxylic acids is 3. The molecular formula is C26H25N4O3S+. The van der Waals surface area contributed by atoms with E-state index in [0.717, 1.165) is 17.7 Å². The third-order valence-corrected chi connectivity index (χ3v) is 6.80. The number of hydrogen-bond donors (Lipinski definition) is 1. The van der Waals surface area contributed by atoms with Gasteiger partial charge in [0.25, 0.3) is 0 Å². The van der Waals surface area contributed by atoms with Gasteiger partial charge in [0, 0.05) is 17.7 Å². The molecule has 0 saturated carbocycles. The second-order valence-corrected chi connectivity index (χ2v) is 9.11. The number of carbonyl (C=O) groups is 3. The maximum absolute atomic E-state index is 13.3. The van der Waals surface area contributed by atoms with Crippen molar-refractivity contribution in [1.82, 2.24) is 4.90 Å². The van der Waals surface area contributed by atoms with E-state index in [4.69, 9.17) is 0 Å². The molecule has 0 radical (unpaired) electrons. The lowest BCUT2D eigenvalue weighted by Crippen LogP contribution is -2.55. The maximum Gasteiger partial charge on any atom is 0.501 e. The van der Waals surface area contributed by atoms with Gasteiger partial charge in [-0.3, -0.25) is 4.79 Å². The molecule has 2 aliphatic rings. The zero-order valence-corrected chi connectivity index (χ0v) is 19.5. The summed E-state index contributed by atoms with van der Waals surface area (Å²) in [6, 6.07) is 18.3. The number of rotatable bonds is 9. The van der Waals surface area contributed by atoms with E-state index in [1.165, 1.54) is 16.7 Å². The molecule has 1 N–H and O–H groups in total. The molecular weight excluding hydrogens is 448 g/mol. The minimum atomic E-state index is -0.441. The highest BCUT2D eigenvalue weighted by Gasteiger charge is 2.48. The van der Waals surface area contributed by atoms with E-state index in [1.54, 1.807) is 16.7 Å². The molecule has 34 heavy (non-hydrogen) atoms. The second kappa shape index (κ2) is 10.9. The van der Waals surface area contributed by atoms with Crippen LogP contribution in [0.15, 0.2) is 66.1 Å². The van der Waals surface area contributed by atoms with E-state index in [-0.39, 0.29) is 24.4 Å². The first kappa shape index (κ1) is 23.5. The standard InChI is InChI=1S/C26H24N4O3S/c27-17-19-9-6-7-10-20(19)18-30-22-14-16-34-24(22)25(32)29(26(30)33)15-8-2-5-13-23(31)28-21-11-3-1-4-12-21/h1,3-4,6-7,9-12,14,16,24H,2,5,8,13,15,18H2/p+1. The molecule has 172 valence electrons. The fraction of sp³-hybridized carbons (Fsp3) is 0.269. The maximum atomic E-state index is 13.3. The Morgan fingerprint density at radius 2 is 1.82 bits per heavy atom. The van der Waals surface area contributed by atoms with Crippen molar-refractivity contribution in [1.29, 1.82) is 5.26 Å². The number of unbranched alkanes of at least 4 members (excludes halogenated alkanes) is 2. The Kier molecular flexibility index (Phi) is 7.55. The third kappa shape index (κ3) is 5.26. The Bertz CT molecular complexity index is 1200. The Balaban J connectivity index is 1.35. The smallest absolute Gasteiger partial charge is 0.326 e. The predicted octanol–water partition coefficient (Wildman–Crippen LogP) is 4.30. The lowest BCUT2D eigenvalue weighted by Gasteiger charge is -2.24. The topological polar surface area (TPSA) is 93.3 Å². The summed E-state index contributed by atoms with van der Waals surface area (Å²) in [6.45, 7) is 0.543. The van der Waals surface area contributed by atoms with Crippen LogP contribution in [0.5, 0.6) is 0 Å². The van der Waals surface area contributed by atoms with Gasteiger partial charge in [-0.15, -0.1) is 11.8 Å². The summed E-state index contributed by atoms with van der Waals surface area (Å²) >= 11 is 1.39.